The van der Waals surface area contributed by atoms with Crippen LogP contribution in [-0.4, -0.2) is 26.1 Å². The first kappa shape index (κ1) is 15.8. The molecule has 2 aromatic heterocycles. The summed E-state index contributed by atoms with van der Waals surface area (Å²) in [7, 11) is 0. The summed E-state index contributed by atoms with van der Waals surface area (Å²) in [6, 6.07) is 16.6. The summed E-state index contributed by atoms with van der Waals surface area (Å²) in [5.74, 6) is 0. The van der Waals surface area contributed by atoms with Gasteiger partial charge >= 0.3 is 0 Å². The van der Waals surface area contributed by atoms with Crippen LogP contribution in [0.2, 0.25) is 0 Å². The molecule has 0 saturated carbocycles. The van der Waals surface area contributed by atoms with E-state index in [0.29, 0.717) is 0 Å². The molecule has 126 valence electrons. The van der Waals surface area contributed by atoms with Crippen molar-refractivity contribution in [2.45, 2.75) is 19.5 Å². The zero-order chi connectivity index (χ0) is 17.2. The zero-order valence-electron chi connectivity index (χ0n) is 14.1. The van der Waals surface area contributed by atoms with Crippen molar-refractivity contribution < 1.29 is 0 Å². The van der Waals surface area contributed by atoms with E-state index in [4.69, 9.17) is 12.2 Å². The van der Waals surface area contributed by atoms with Gasteiger partial charge in [-0.15, -0.1) is 0 Å². The summed E-state index contributed by atoms with van der Waals surface area (Å²) in [5, 5.41) is 4.18. The van der Waals surface area contributed by atoms with Gasteiger partial charge in [-0.3, -0.25) is 4.98 Å². The van der Waals surface area contributed by atoms with E-state index in [-0.39, 0.29) is 6.04 Å². The van der Waals surface area contributed by atoms with Crippen molar-refractivity contribution in [2.75, 3.05) is 11.9 Å². The van der Waals surface area contributed by atoms with Gasteiger partial charge in [-0.25, -0.2) is 0 Å². The molecular weight excluding hydrogens is 328 g/mol. The molecule has 3 aromatic rings. The monoisotopic (exact) mass is 348 g/mol. The highest BCUT2D eigenvalue weighted by Crippen LogP contribution is 2.32. The van der Waals surface area contributed by atoms with Crippen LogP contribution in [-0.2, 0) is 6.54 Å². The molecule has 0 spiro atoms. The van der Waals surface area contributed by atoms with Crippen LogP contribution >= 0.6 is 12.2 Å². The number of aromatic nitrogens is 2. The number of benzene rings is 1. The lowest BCUT2D eigenvalue weighted by Gasteiger charge is -2.39. The van der Waals surface area contributed by atoms with Crippen LogP contribution in [0.3, 0.4) is 0 Å². The Morgan fingerprint density at radius 2 is 2.00 bits per heavy atom. The first-order valence-electron chi connectivity index (χ1n) is 8.42. The fraction of sp³-hybridized carbons (Fsp3) is 0.200. The number of pyridine rings is 1. The van der Waals surface area contributed by atoms with Crippen molar-refractivity contribution in [3.63, 3.8) is 0 Å². The minimum atomic E-state index is 0.0708. The Morgan fingerprint density at radius 1 is 1.12 bits per heavy atom. The van der Waals surface area contributed by atoms with Gasteiger partial charge in [0.15, 0.2) is 5.11 Å². The van der Waals surface area contributed by atoms with E-state index >= 15 is 0 Å². The molecule has 0 aliphatic carbocycles. The number of nitrogens with zero attached hydrogens (tertiary/aromatic N) is 3. The minimum Gasteiger partial charge on any atom is -0.348 e. The molecule has 1 atom stereocenters. The van der Waals surface area contributed by atoms with Gasteiger partial charge in [-0.05, 0) is 54.5 Å². The average molecular weight is 348 g/mol. The lowest BCUT2D eigenvalue weighted by atomic mass is 10.0. The van der Waals surface area contributed by atoms with E-state index in [1.165, 1.54) is 11.3 Å². The van der Waals surface area contributed by atoms with Crippen LogP contribution in [0.1, 0.15) is 22.9 Å². The molecular formula is C20H20N4S. The third-order valence-corrected chi connectivity index (χ3v) is 5.02. The molecule has 0 amide bonds. The molecule has 1 aliphatic rings. The lowest BCUT2D eigenvalue weighted by molar-refractivity contribution is 0.293. The Morgan fingerprint density at radius 3 is 2.80 bits per heavy atom. The first-order chi connectivity index (χ1) is 12.2. The molecule has 4 nitrogen and oxygen atoms in total. The van der Waals surface area contributed by atoms with Crippen molar-refractivity contribution in [3.8, 4) is 0 Å². The number of fused-ring (bicyclic) bond motifs is 1. The van der Waals surface area contributed by atoms with Gasteiger partial charge in [0, 0.05) is 43.1 Å². The number of anilines is 1. The van der Waals surface area contributed by atoms with Gasteiger partial charge in [-0.1, -0.05) is 24.3 Å². The Kier molecular flexibility index (Phi) is 4.24. The van der Waals surface area contributed by atoms with Crippen LogP contribution in [0, 0.1) is 6.92 Å². The van der Waals surface area contributed by atoms with Crippen LogP contribution in [0.25, 0.3) is 0 Å². The van der Waals surface area contributed by atoms with Crippen molar-refractivity contribution >= 4 is 23.0 Å². The number of rotatable bonds is 2. The number of para-hydroxylation sites is 1. The lowest BCUT2D eigenvalue weighted by Crippen LogP contribution is -2.44. The van der Waals surface area contributed by atoms with Crippen LogP contribution in [0.4, 0.5) is 5.69 Å². The van der Waals surface area contributed by atoms with Gasteiger partial charge in [0.05, 0.1) is 6.04 Å². The molecule has 4 rings (SSSR count). The standard InChI is InChI=1S/C20H20N4S/c1-15-6-2-3-8-17(15)22-20(25)24-13-12-23-11-5-9-18(23)19(24)16-7-4-10-21-14-16/h2-11,14,19H,12-13H2,1H3,(H,22,25)/t19-/m0/s1. The second kappa shape index (κ2) is 6.69. The third-order valence-electron chi connectivity index (χ3n) is 4.69. The minimum absolute atomic E-state index is 0.0708. The highest BCUT2D eigenvalue weighted by atomic mass is 32.1. The highest BCUT2D eigenvalue weighted by Gasteiger charge is 2.30. The van der Waals surface area contributed by atoms with Crippen molar-refractivity contribution in [1.29, 1.82) is 0 Å². The number of hydrogen-bond acceptors (Lipinski definition) is 2. The summed E-state index contributed by atoms with van der Waals surface area (Å²) in [4.78, 5) is 6.57. The van der Waals surface area contributed by atoms with Crippen molar-refractivity contribution in [3.05, 3.63) is 83.9 Å². The number of aryl methyl sites for hydroxylation is 1. The van der Waals surface area contributed by atoms with E-state index in [9.17, 15) is 0 Å². The number of thiocarbonyl (C=S) groups is 1. The van der Waals surface area contributed by atoms with Gasteiger partial charge in [0.1, 0.15) is 0 Å². The predicted octanol–water partition coefficient (Wildman–Crippen LogP) is 3.99. The van der Waals surface area contributed by atoms with Gasteiger partial charge in [-0.2, -0.15) is 0 Å². The fourth-order valence-corrected chi connectivity index (χ4v) is 3.70. The Balaban J connectivity index is 1.68. The molecule has 1 aliphatic heterocycles. The Bertz CT molecular complexity index is 887. The maximum Gasteiger partial charge on any atom is 0.174 e. The zero-order valence-corrected chi connectivity index (χ0v) is 14.9. The molecule has 0 radical (unpaired) electrons. The highest BCUT2D eigenvalue weighted by molar-refractivity contribution is 7.80. The molecule has 25 heavy (non-hydrogen) atoms. The SMILES string of the molecule is Cc1ccccc1NC(=S)N1CCn2cccc2[C@@H]1c1cccnc1. The van der Waals surface area contributed by atoms with E-state index in [1.807, 2.05) is 24.4 Å². The average Bonchev–Trinajstić information content (AvgIpc) is 3.12. The van der Waals surface area contributed by atoms with Crippen molar-refractivity contribution in [2.24, 2.45) is 0 Å². The molecule has 5 heteroatoms. The van der Waals surface area contributed by atoms with E-state index in [2.05, 4.69) is 63.2 Å². The maximum atomic E-state index is 5.78. The van der Waals surface area contributed by atoms with Crippen molar-refractivity contribution in [1.82, 2.24) is 14.5 Å². The summed E-state index contributed by atoms with van der Waals surface area (Å²) in [6.07, 6.45) is 5.87. The van der Waals surface area contributed by atoms with E-state index < -0.39 is 0 Å². The van der Waals surface area contributed by atoms with E-state index in [1.54, 1.807) is 6.20 Å². The normalized spacial score (nSPS) is 16.4. The molecule has 0 unspecified atom stereocenters. The summed E-state index contributed by atoms with van der Waals surface area (Å²) in [5.41, 5.74) is 4.63. The van der Waals surface area contributed by atoms with E-state index in [0.717, 1.165) is 29.5 Å². The van der Waals surface area contributed by atoms with Crippen LogP contribution in [0.15, 0.2) is 67.1 Å². The topological polar surface area (TPSA) is 33.1 Å². The third kappa shape index (κ3) is 3.03. The second-order valence-corrected chi connectivity index (χ2v) is 6.64. The van der Waals surface area contributed by atoms with Gasteiger partial charge in [0.25, 0.3) is 0 Å². The quantitative estimate of drug-likeness (QED) is 0.710. The van der Waals surface area contributed by atoms with Gasteiger partial charge in [0.2, 0.25) is 0 Å². The molecule has 0 bridgehead atoms. The molecule has 3 heterocycles. The largest absolute Gasteiger partial charge is 0.348 e. The van der Waals surface area contributed by atoms with Gasteiger partial charge < -0.3 is 14.8 Å². The smallest absolute Gasteiger partial charge is 0.174 e. The molecule has 1 aromatic carbocycles. The van der Waals surface area contributed by atoms with Crippen LogP contribution < -0.4 is 5.32 Å². The molecule has 0 saturated heterocycles. The molecule has 0 fully saturated rings. The number of nitrogens with one attached hydrogen (secondary N) is 1. The summed E-state index contributed by atoms with van der Waals surface area (Å²) in [6.45, 7) is 3.87. The number of hydrogen-bond donors (Lipinski definition) is 1. The first-order valence-corrected chi connectivity index (χ1v) is 8.83. The second-order valence-electron chi connectivity index (χ2n) is 6.25. The fourth-order valence-electron chi connectivity index (χ4n) is 3.39. The summed E-state index contributed by atoms with van der Waals surface area (Å²) >= 11 is 5.78. The Hall–Kier alpha value is -2.66. The van der Waals surface area contributed by atoms with Crippen LogP contribution in [0.5, 0.6) is 0 Å². The Labute approximate surface area is 153 Å². The predicted molar refractivity (Wildman–Crippen MR) is 105 cm³/mol. The summed E-state index contributed by atoms with van der Waals surface area (Å²) < 4.78 is 2.30. The maximum absolute atomic E-state index is 5.78. The molecule has 1 N–H and O–H groups in total.